The van der Waals surface area contributed by atoms with E-state index >= 15 is 0 Å². The molecule has 7 heteroatoms. The first-order chi connectivity index (χ1) is 11.1. The maximum atomic E-state index is 12.3. The van der Waals surface area contributed by atoms with E-state index in [4.69, 9.17) is 0 Å². The van der Waals surface area contributed by atoms with Gasteiger partial charge in [0.15, 0.2) is 0 Å². The average molecular weight is 323 g/mol. The Labute approximate surface area is 134 Å². The van der Waals surface area contributed by atoms with Crippen LogP contribution in [0.4, 0.5) is 14.5 Å². The summed E-state index contributed by atoms with van der Waals surface area (Å²) in [6.45, 7) is 0.266. The van der Waals surface area contributed by atoms with Crippen LogP contribution in [0.25, 0.3) is 0 Å². The van der Waals surface area contributed by atoms with Crippen molar-refractivity contribution in [3.8, 4) is 0 Å². The van der Waals surface area contributed by atoms with Crippen LogP contribution in [0.15, 0.2) is 18.6 Å². The van der Waals surface area contributed by atoms with Gasteiger partial charge in [-0.15, -0.1) is 0 Å². The van der Waals surface area contributed by atoms with Gasteiger partial charge >= 0.3 is 0 Å². The number of aryl methyl sites for hydroxylation is 1. The number of anilines is 1. The molecule has 3 rings (SSSR count). The summed E-state index contributed by atoms with van der Waals surface area (Å²) in [4.78, 5) is 0. The Kier molecular flexibility index (Phi) is 4.93. The molecule has 5 nitrogen and oxygen atoms in total. The highest BCUT2D eigenvalue weighted by molar-refractivity contribution is 5.39. The zero-order valence-electron chi connectivity index (χ0n) is 13.4. The largest absolute Gasteiger partial charge is 0.378 e. The minimum atomic E-state index is -2.39. The number of aromatic nitrogens is 4. The molecule has 0 spiro atoms. The third kappa shape index (κ3) is 4.09. The fourth-order valence-corrected chi connectivity index (χ4v) is 3.30. The van der Waals surface area contributed by atoms with Crippen molar-refractivity contribution in [1.29, 1.82) is 0 Å². The Balaban J connectivity index is 1.64. The summed E-state index contributed by atoms with van der Waals surface area (Å²) in [7, 11) is 1.94. The van der Waals surface area contributed by atoms with E-state index in [1.54, 1.807) is 12.4 Å². The van der Waals surface area contributed by atoms with Crippen LogP contribution >= 0.6 is 0 Å². The molecule has 2 aromatic heterocycles. The van der Waals surface area contributed by atoms with E-state index in [2.05, 4.69) is 15.5 Å². The maximum absolute atomic E-state index is 12.3. The van der Waals surface area contributed by atoms with Crippen LogP contribution in [0.2, 0.25) is 0 Å². The van der Waals surface area contributed by atoms with Crippen molar-refractivity contribution in [3.05, 3.63) is 29.8 Å². The number of halogens is 2. The molecule has 0 radical (unpaired) electrons. The lowest BCUT2D eigenvalue weighted by Crippen LogP contribution is -2.09. The summed E-state index contributed by atoms with van der Waals surface area (Å²) in [5, 5.41) is 11.9. The molecule has 2 heterocycles. The van der Waals surface area contributed by atoms with E-state index in [-0.39, 0.29) is 6.54 Å². The van der Waals surface area contributed by atoms with Crippen LogP contribution in [-0.2, 0) is 20.1 Å². The molecule has 0 aliphatic heterocycles. The molecule has 1 aliphatic carbocycles. The molecule has 0 saturated heterocycles. The van der Waals surface area contributed by atoms with Crippen molar-refractivity contribution >= 4 is 5.69 Å². The van der Waals surface area contributed by atoms with E-state index in [0.717, 1.165) is 5.69 Å². The first kappa shape index (κ1) is 16.0. The summed E-state index contributed by atoms with van der Waals surface area (Å²) in [5.41, 5.74) is 3.12. The second-order valence-electron chi connectivity index (χ2n) is 6.24. The molecule has 1 fully saturated rings. The Bertz CT molecular complexity index is 628. The Morgan fingerprint density at radius 1 is 1.26 bits per heavy atom. The van der Waals surface area contributed by atoms with Crippen LogP contribution in [-0.4, -0.2) is 26.0 Å². The van der Waals surface area contributed by atoms with Crippen LogP contribution in [0, 0.1) is 0 Å². The summed E-state index contributed by atoms with van der Waals surface area (Å²) in [6.07, 6.45) is 9.12. The van der Waals surface area contributed by atoms with Gasteiger partial charge in [-0.1, -0.05) is 19.3 Å². The Hall–Kier alpha value is -1.92. The minimum absolute atomic E-state index is 0.373. The quantitative estimate of drug-likeness (QED) is 0.884. The van der Waals surface area contributed by atoms with Crippen LogP contribution in [0.3, 0.4) is 0 Å². The number of alkyl halides is 2. The molecule has 0 amide bonds. The molecule has 0 unspecified atom stereocenters. The van der Waals surface area contributed by atoms with E-state index < -0.39 is 6.43 Å². The second-order valence-corrected chi connectivity index (χ2v) is 6.24. The smallest absolute Gasteiger partial charge is 0.257 e. The highest BCUT2D eigenvalue weighted by Gasteiger charge is 2.21. The lowest BCUT2D eigenvalue weighted by atomic mass is 9.85. The van der Waals surface area contributed by atoms with Gasteiger partial charge in [0.25, 0.3) is 6.43 Å². The fraction of sp³-hybridized carbons (Fsp3) is 0.625. The van der Waals surface area contributed by atoms with Crippen molar-refractivity contribution in [2.24, 2.45) is 7.05 Å². The van der Waals surface area contributed by atoms with Crippen molar-refractivity contribution in [2.45, 2.75) is 57.5 Å². The third-order valence-electron chi connectivity index (χ3n) is 4.37. The SMILES string of the molecule is Cn1cc(CNc2cnn(CC(F)F)c2)c(C2CCCCC2)n1. The molecule has 0 aromatic carbocycles. The van der Waals surface area contributed by atoms with Crippen LogP contribution < -0.4 is 5.32 Å². The minimum Gasteiger partial charge on any atom is -0.378 e. The fourth-order valence-electron chi connectivity index (χ4n) is 3.30. The van der Waals surface area contributed by atoms with Gasteiger partial charge in [0.1, 0.15) is 6.54 Å². The molecule has 126 valence electrons. The van der Waals surface area contributed by atoms with Gasteiger partial charge in [-0.05, 0) is 12.8 Å². The molecule has 1 saturated carbocycles. The topological polar surface area (TPSA) is 47.7 Å². The normalized spacial score (nSPS) is 16.2. The Morgan fingerprint density at radius 3 is 2.78 bits per heavy atom. The third-order valence-corrected chi connectivity index (χ3v) is 4.37. The molecule has 23 heavy (non-hydrogen) atoms. The number of rotatable bonds is 6. The van der Waals surface area contributed by atoms with Gasteiger partial charge < -0.3 is 5.32 Å². The number of hydrogen-bond acceptors (Lipinski definition) is 3. The van der Waals surface area contributed by atoms with Crippen molar-refractivity contribution < 1.29 is 8.78 Å². The van der Waals surface area contributed by atoms with E-state index in [9.17, 15) is 8.78 Å². The molecule has 1 N–H and O–H groups in total. The average Bonchev–Trinajstić information content (AvgIpc) is 3.12. The van der Waals surface area contributed by atoms with Gasteiger partial charge in [0, 0.05) is 37.5 Å². The zero-order chi connectivity index (χ0) is 16.2. The van der Waals surface area contributed by atoms with E-state index in [1.165, 1.54) is 48.0 Å². The Morgan fingerprint density at radius 2 is 2.04 bits per heavy atom. The molecular weight excluding hydrogens is 300 g/mol. The second kappa shape index (κ2) is 7.10. The standard InChI is InChI=1S/C16H23F2N5/c1-22-9-13(16(21-22)12-5-3-2-4-6-12)7-19-14-8-20-23(10-14)11-15(17)18/h8-10,12,15,19H,2-7,11H2,1H3. The highest BCUT2D eigenvalue weighted by atomic mass is 19.3. The molecule has 1 aliphatic rings. The lowest BCUT2D eigenvalue weighted by molar-refractivity contribution is 0.122. The summed E-state index contributed by atoms with van der Waals surface area (Å²) in [5.74, 6) is 0.545. The van der Waals surface area contributed by atoms with Gasteiger partial charge in [-0.25, -0.2) is 8.78 Å². The predicted octanol–water partition coefficient (Wildman–Crippen LogP) is 3.54. The van der Waals surface area contributed by atoms with Crippen LogP contribution in [0.1, 0.15) is 49.3 Å². The van der Waals surface area contributed by atoms with Crippen molar-refractivity contribution in [2.75, 3.05) is 5.32 Å². The molecule has 0 bridgehead atoms. The van der Waals surface area contributed by atoms with Gasteiger partial charge in [0.2, 0.25) is 0 Å². The molecular formula is C16H23F2N5. The maximum Gasteiger partial charge on any atom is 0.257 e. The van der Waals surface area contributed by atoms with E-state index in [0.29, 0.717) is 12.5 Å². The summed E-state index contributed by atoms with van der Waals surface area (Å²) >= 11 is 0. The van der Waals surface area contributed by atoms with Crippen LogP contribution in [0.5, 0.6) is 0 Å². The predicted molar refractivity (Wildman–Crippen MR) is 84.6 cm³/mol. The van der Waals surface area contributed by atoms with Crippen molar-refractivity contribution in [1.82, 2.24) is 19.6 Å². The number of hydrogen-bond donors (Lipinski definition) is 1. The molecule has 0 atom stereocenters. The summed E-state index contributed by atoms with van der Waals surface area (Å²) < 4.78 is 27.8. The van der Waals surface area contributed by atoms with Gasteiger partial charge in [-0.3, -0.25) is 9.36 Å². The first-order valence-corrected chi connectivity index (χ1v) is 8.18. The first-order valence-electron chi connectivity index (χ1n) is 8.18. The van der Waals surface area contributed by atoms with Gasteiger partial charge in [-0.2, -0.15) is 10.2 Å². The van der Waals surface area contributed by atoms with E-state index in [1.807, 2.05) is 17.9 Å². The monoisotopic (exact) mass is 323 g/mol. The summed E-state index contributed by atoms with van der Waals surface area (Å²) in [6, 6.07) is 0. The van der Waals surface area contributed by atoms with Gasteiger partial charge in [0.05, 0.1) is 17.6 Å². The highest BCUT2D eigenvalue weighted by Crippen LogP contribution is 2.33. The molecule has 2 aromatic rings. The lowest BCUT2D eigenvalue weighted by Gasteiger charge is -2.21. The zero-order valence-corrected chi connectivity index (χ0v) is 13.4. The van der Waals surface area contributed by atoms with Crippen molar-refractivity contribution in [3.63, 3.8) is 0 Å². The number of nitrogens with zero attached hydrogens (tertiary/aromatic N) is 4. The number of nitrogens with one attached hydrogen (secondary N) is 1.